The van der Waals surface area contributed by atoms with E-state index in [1.165, 1.54) is 18.3 Å². The van der Waals surface area contributed by atoms with Gasteiger partial charge in [0.2, 0.25) is 11.8 Å². The van der Waals surface area contributed by atoms with Crippen molar-refractivity contribution in [3.8, 4) is 0 Å². The highest BCUT2D eigenvalue weighted by molar-refractivity contribution is 7.15. The highest BCUT2D eigenvalue weighted by atomic mass is 32.1. The maximum absolute atomic E-state index is 12.3. The number of aryl methyl sites for hydroxylation is 2. The Balaban J connectivity index is 1.68. The number of nitrogens with two attached hydrogens (primary N) is 2. The molecule has 172 valence electrons. The van der Waals surface area contributed by atoms with Gasteiger partial charge in [0.15, 0.2) is 11.1 Å². The fraction of sp³-hybridized carbons (Fsp3) is 0.455. The predicted molar refractivity (Wildman–Crippen MR) is 128 cm³/mol. The number of benzene rings is 1. The Hall–Kier alpha value is -2.98. The van der Waals surface area contributed by atoms with Gasteiger partial charge in [-0.2, -0.15) is 0 Å². The van der Waals surface area contributed by atoms with E-state index in [9.17, 15) is 9.59 Å². The number of aromatic nitrogens is 1. The van der Waals surface area contributed by atoms with Crippen molar-refractivity contribution in [2.75, 3.05) is 32.5 Å². The quantitative estimate of drug-likeness (QED) is 0.409. The van der Waals surface area contributed by atoms with Crippen LogP contribution in [0.2, 0.25) is 0 Å². The van der Waals surface area contributed by atoms with Gasteiger partial charge in [0.05, 0.1) is 17.3 Å². The Morgan fingerprint density at radius 1 is 1.25 bits per heavy atom. The summed E-state index contributed by atoms with van der Waals surface area (Å²) in [6.07, 6.45) is 2.42. The summed E-state index contributed by atoms with van der Waals surface area (Å²) < 4.78 is 0. The number of guanidine groups is 1. The molecule has 0 unspecified atom stereocenters. The Kier molecular flexibility index (Phi) is 7.81. The van der Waals surface area contributed by atoms with Crippen LogP contribution in [0.3, 0.4) is 0 Å². The third-order valence-corrected chi connectivity index (χ3v) is 6.33. The first-order valence-electron chi connectivity index (χ1n) is 10.6. The van der Waals surface area contributed by atoms with Gasteiger partial charge >= 0.3 is 0 Å². The molecular formula is C22H31N7O2S. The number of likely N-dealkylation sites (tertiary alicyclic amines) is 1. The number of thiazole rings is 1. The minimum atomic E-state index is -0.134. The fourth-order valence-corrected chi connectivity index (χ4v) is 4.90. The van der Waals surface area contributed by atoms with Gasteiger partial charge in [0.25, 0.3) is 0 Å². The number of anilines is 1. The Morgan fingerprint density at radius 3 is 2.59 bits per heavy atom. The van der Waals surface area contributed by atoms with Crippen LogP contribution in [-0.2, 0) is 29.0 Å². The van der Waals surface area contributed by atoms with Crippen molar-refractivity contribution in [2.24, 2.45) is 22.4 Å². The zero-order valence-electron chi connectivity index (χ0n) is 18.8. The first kappa shape index (κ1) is 23.7. The molecule has 2 heterocycles. The van der Waals surface area contributed by atoms with Crippen molar-refractivity contribution in [3.63, 3.8) is 0 Å². The normalized spacial score (nSPS) is 16.0. The molecule has 1 saturated heterocycles. The lowest BCUT2D eigenvalue weighted by molar-refractivity contribution is -0.132. The lowest BCUT2D eigenvalue weighted by atomic mass is 10.1. The molecule has 1 aromatic heterocycles. The van der Waals surface area contributed by atoms with Gasteiger partial charge in [-0.25, -0.2) is 9.98 Å². The lowest BCUT2D eigenvalue weighted by Crippen LogP contribution is -2.31. The number of carbonyl (C=O) groups excluding carboxylic acids is 2. The maximum Gasteiger partial charge on any atom is 0.226 e. The van der Waals surface area contributed by atoms with Crippen LogP contribution in [0.25, 0.3) is 0 Å². The van der Waals surface area contributed by atoms with Gasteiger partial charge in [-0.3, -0.25) is 14.5 Å². The molecule has 0 saturated carbocycles. The maximum atomic E-state index is 12.3. The van der Waals surface area contributed by atoms with E-state index >= 15 is 0 Å². The smallest absolute Gasteiger partial charge is 0.226 e. The summed E-state index contributed by atoms with van der Waals surface area (Å²) in [5.74, 6) is 0.122. The van der Waals surface area contributed by atoms with Crippen molar-refractivity contribution in [2.45, 2.75) is 32.7 Å². The summed E-state index contributed by atoms with van der Waals surface area (Å²) >= 11 is 1.51. The van der Waals surface area contributed by atoms with E-state index < -0.39 is 0 Å². The van der Waals surface area contributed by atoms with E-state index in [1.54, 1.807) is 19.0 Å². The molecule has 0 radical (unpaired) electrons. The third kappa shape index (κ3) is 6.51. The fourth-order valence-electron chi connectivity index (χ4n) is 3.80. The molecule has 32 heavy (non-hydrogen) atoms. The van der Waals surface area contributed by atoms with Gasteiger partial charge in [0.1, 0.15) is 0 Å². The molecule has 2 amide bonds. The standard InChI is InChI=1S/C22H31N7O2S/c1-14(30)25-22-27-18(9-6-15-4-7-17(8-5-15)26-21(23)24)19(32-22)13-29-11-10-16(12-29)20(31)28(2)3/h4-5,7-8,16H,6,9-13H2,1-3H3,(H4,23,24,26)(H,25,27,30)/t16-/m0/s1. The van der Waals surface area contributed by atoms with Crippen molar-refractivity contribution in [3.05, 3.63) is 40.4 Å². The molecule has 3 rings (SSSR count). The molecule has 1 aliphatic rings. The highest BCUT2D eigenvalue weighted by Gasteiger charge is 2.30. The van der Waals surface area contributed by atoms with Gasteiger partial charge < -0.3 is 21.7 Å². The first-order valence-corrected chi connectivity index (χ1v) is 11.4. The molecule has 0 bridgehead atoms. The lowest BCUT2D eigenvalue weighted by Gasteiger charge is -2.18. The monoisotopic (exact) mass is 457 g/mol. The van der Waals surface area contributed by atoms with Gasteiger partial charge in [0, 0.05) is 39.0 Å². The molecule has 10 heteroatoms. The Bertz CT molecular complexity index is 981. The molecule has 1 fully saturated rings. The number of hydrogen-bond donors (Lipinski definition) is 3. The van der Waals surface area contributed by atoms with Crippen LogP contribution in [0.5, 0.6) is 0 Å². The minimum absolute atomic E-state index is 0.0341. The van der Waals surface area contributed by atoms with Crippen molar-refractivity contribution >= 4 is 39.9 Å². The van der Waals surface area contributed by atoms with Crippen LogP contribution in [0.15, 0.2) is 29.3 Å². The summed E-state index contributed by atoms with van der Waals surface area (Å²) in [4.78, 5) is 37.6. The summed E-state index contributed by atoms with van der Waals surface area (Å²) in [7, 11) is 3.60. The number of carbonyl (C=O) groups is 2. The van der Waals surface area contributed by atoms with E-state index in [0.29, 0.717) is 10.8 Å². The molecule has 1 aliphatic heterocycles. The minimum Gasteiger partial charge on any atom is -0.370 e. The molecule has 2 aromatic rings. The third-order valence-electron chi connectivity index (χ3n) is 5.34. The van der Waals surface area contributed by atoms with Gasteiger partial charge in [-0.1, -0.05) is 12.1 Å². The Labute approximate surface area is 192 Å². The molecule has 1 atom stereocenters. The van der Waals surface area contributed by atoms with Crippen LogP contribution in [-0.4, -0.2) is 59.7 Å². The molecular weight excluding hydrogens is 426 g/mol. The number of hydrogen-bond acceptors (Lipinski definition) is 6. The molecule has 1 aromatic carbocycles. The zero-order valence-corrected chi connectivity index (χ0v) is 19.6. The summed E-state index contributed by atoms with van der Waals surface area (Å²) in [5, 5.41) is 3.42. The second kappa shape index (κ2) is 10.6. The average molecular weight is 458 g/mol. The molecule has 5 N–H and O–H groups in total. The van der Waals surface area contributed by atoms with Crippen LogP contribution in [0, 0.1) is 5.92 Å². The summed E-state index contributed by atoms with van der Waals surface area (Å²) in [6.45, 7) is 3.84. The average Bonchev–Trinajstić information content (AvgIpc) is 3.33. The highest BCUT2D eigenvalue weighted by Crippen LogP contribution is 2.28. The van der Waals surface area contributed by atoms with Crippen LogP contribution < -0.4 is 16.8 Å². The van der Waals surface area contributed by atoms with Crippen molar-refractivity contribution < 1.29 is 9.59 Å². The van der Waals surface area contributed by atoms with Gasteiger partial charge in [-0.05, 0) is 43.5 Å². The summed E-state index contributed by atoms with van der Waals surface area (Å²) in [5.41, 5.74) is 13.7. The van der Waals surface area contributed by atoms with E-state index in [0.717, 1.165) is 55.0 Å². The van der Waals surface area contributed by atoms with E-state index in [-0.39, 0.29) is 23.7 Å². The predicted octanol–water partition coefficient (Wildman–Crippen LogP) is 1.70. The number of aliphatic imine (C=N–C) groups is 1. The molecule has 0 aliphatic carbocycles. The Morgan fingerprint density at radius 2 is 1.97 bits per heavy atom. The number of nitrogens with one attached hydrogen (secondary N) is 1. The van der Waals surface area contributed by atoms with E-state index in [2.05, 4.69) is 20.2 Å². The number of amides is 2. The largest absolute Gasteiger partial charge is 0.370 e. The van der Waals surface area contributed by atoms with Crippen LogP contribution in [0.1, 0.15) is 29.5 Å². The summed E-state index contributed by atoms with van der Waals surface area (Å²) in [6, 6.07) is 7.76. The SMILES string of the molecule is CC(=O)Nc1nc(CCc2ccc(N=C(N)N)cc2)c(CN2CC[C@H](C(=O)N(C)C)C2)s1. The van der Waals surface area contributed by atoms with E-state index in [4.69, 9.17) is 11.5 Å². The second-order valence-electron chi connectivity index (χ2n) is 8.23. The molecule has 9 nitrogen and oxygen atoms in total. The van der Waals surface area contributed by atoms with Crippen LogP contribution >= 0.6 is 11.3 Å². The zero-order chi connectivity index (χ0) is 23.3. The second-order valence-corrected chi connectivity index (χ2v) is 9.31. The van der Waals surface area contributed by atoms with Crippen molar-refractivity contribution in [1.29, 1.82) is 0 Å². The van der Waals surface area contributed by atoms with Crippen molar-refractivity contribution in [1.82, 2.24) is 14.8 Å². The molecule has 0 spiro atoms. The first-order chi connectivity index (χ1) is 15.2. The topological polar surface area (TPSA) is 130 Å². The van der Waals surface area contributed by atoms with Gasteiger partial charge in [-0.15, -0.1) is 11.3 Å². The number of nitrogens with zero attached hydrogens (tertiary/aromatic N) is 4. The van der Waals surface area contributed by atoms with E-state index in [1.807, 2.05) is 24.3 Å². The number of rotatable bonds is 8. The van der Waals surface area contributed by atoms with Crippen LogP contribution in [0.4, 0.5) is 10.8 Å².